The minimum absolute atomic E-state index is 0.347. The molecule has 1 aromatic rings. The second-order valence-electron chi connectivity index (χ2n) is 6.46. The van der Waals surface area contributed by atoms with Crippen molar-refractivity contribution in [2.24, 2.45) is 11.3 Å². The Balaban J connectivity index is 2.97. The molecular formula is C16H26. The van der Waals surface area contributed by atoms with Gasteiger partial charge in [0.15, 0.2) is 0 Å². The molecular weight excluding hydrogens is 192 g/mol. The zero-order valence-corrected chi connectivity index (χ0v) is 11.7. The third-order valence-electron chi connectivity index (χ3n) is 3.23. The topological polar surface area (TPSA) is 0 Å². The van der Waals surface area contributed by atoms with E-state index in [9.17, 15) is 0 Å². The first-order chi connectivity index (χ1) is 7.30. The lowest BCUT2D eigenvalue weighted by Gasteiger charge is -2.32. The van der Waals surface area contributed by atoms with Crippen LogP contribution in [0.1, 0.15) is 58.1 Å². The van der Waals surface area contributed by atoms with Gasteiger partial charge in [0.05, 0.1) is 0 Å². The number of aryl methyl sites for hydroxylation is 1. The van der Waals surface area contributed by atoms with E-state index < -0.39 is 0 Å². The maximum Gasteiger partial charge on any atom is -0.0111 e. The van der Waals surface area contributed by atoms with Crippen molar-refractivity contribution in [1.29, 1.82) is 0 Å². The number of hydrogen-bond donors (Lipinski definition) is 0. The van der Waals surface area contributed by atoms with Gasteiger partial charge in [-0.2, -0.15) is 0 Å². The maximum absolute atomic E-state index is 2.35. The molecule has 1 unspecified atom stereocenters. The molecule has 0 heteroatoms. The molecule has 0 amide bonds. The van der Waals surface area contributed by atoms with E-state index in [0.29, 0.717) is 11.3 Å². The molecule has 1 aromatic carbocycles. The quantitative estimate of drug-likeness (QED) is 0.656. The molecule has 0 aliphatic rings. The molecule has 0 spiro atoms. The molecule has 0 saturated heterocycles. The van der Waals surface area contributed by atoms with Crippen LogP contribution in [0.2, 0.25) is 0 Å². The van der Waals surface area contributed by atoms with Crippen molar-refractivity contribution in [3.63, 3.8) is 0 Å². The summed E-state index contributed by atoms with van der Waals surface area (Å²) in [7, 11) is 0. The van der Waals surface area contributed by atoms with Crippen LogP contribution >= 0.6 is 0 Å². The van der Waals surface area contributed by atoms with E-state index in [4.69, 9.17) is 0 Å². The minimum Gasteiger partial charge on any atom is -0.0628 e. The van der Waals surface area contributed by atoms with Gasteiger partial charge in [0.2, 0.25) is 0 Å². The molecule has 0 bridgehead atoms. The lowest BCUT2D eigenvalue weighted by atomic mass is 9.72. The lowest BCUT2D eigenvalue weighted by Crippen LogP contribution is -2.20. The van der Waals surface area contributed by atoms with Crippen molar-refractivity contribution in [2.75, 3.05) is 0 Å². The molecule has 16 heavy (non-hydrogen) atoms. The number of benzene rings is 1. The average Bonchev–Trinajstić information content (AvgIpc) is 2.14. The number of hydrogen-bond acceptors (Lipinski definition) is 0. The molecule has 0 radical (unpaired) electrons. The second kappa shape index (κ2) is 5.03. The van der Waals surface area contributed by atoms with Gasteiger partial charge in [0, 0.05) is 0 Å². The summed E-state index contributed by atoms with van der Waals surface area (Å²) in [6.45, 7) is 13.8. The molecule has 90 valence electrons. The van der Waals surface area contributed by atoms with Gasteiger partial charge in [0.1, 0.15) is 0 Å². The van der Waals surface area contributed by atoms with Crippen LogP contribution < -0.4 is 0 Å². The zero-order chi connectivity index (χ0) is 12.3. The smallest absolute Gasteiger partial charge is 0.0111 e. The Bertz CT molecular complexity index is 311. The third kappa shape index (κ3) is 3.66. The Morgan fingerprint density at radius 2 is 1.50 bits per heavy atom. The zero-order valence-electron chi connectivity index (χ0n) is 11.7. The molecule has 0 fully saturated rings. The van der Waals surface area contributed by atoms with Crippen molar-refractivity contribution in [3.05, 3.63) is 35.4 Å². The fraction of sp³-hybridized carbons (Fsp3) is 0.625. The van der Waals surface area contributed by atoms with Gasteiger partial charge >= 0.3 is 0 Å². The minimum atomic E-state index is 0.347. The Hall–Kier alpha value is -0.780. The highest BCUT2D eigenvalue weighted by molar-refractivity contribution is 5.25. The van der Waals surface area contributed by atoms with E-state index >= 15 is 0 Å². The summed E-state index contributed by atoms with van der Waals surface area (Å²) >= 11 is 0. The second-order valence-corrected chi connectivity index (χ2v) is 6.46. The first-order valence-corrected chi connectivity index (χ1v) is 6.37. The van der Waals surface area contributed by atoms with Crippen molar-refractivity contribution in [3.8, 4) is 0 Å². The van der Waals surface area contributed by atoms with Crippen LogP contribution in [0.5, 0.6) is 0 Å². The highest BCUT2D eigenvalue weighted by atomic mass is 14.3. The molecule has 1 rings (SSSR count). The summed E-state index contributed by atoms with van der Waals surface area (Å²) in [4.78, 5) is 0. The summed E-state index contributed by atoms with van der Waals surface area (Å²) in [5.74, 6) is 1.42. The van der Waals surface area contributed by atoms with E-state index in [0.717, 1.165) is 5.92 Å². The first kappa shape index (κ1) is 13.3. The van der Waals surface area contributed by atoms with E-state index in [-0.39, 0.29) is 0 Å². The highest BCUT2D eigenvalue weighted by Gasteiger charge is 2.26. The third-order valence-corrected chi connectivity index (χ3v) is 3.23. The summed E-state index contributed by atoms with van der Waals surface area (Å²) in [5, 5.41) is 0. The predicted octanol–water partition coefficient (Wildman–Crippen LogP) is 5.17. The Kier molecular flexibility index (Phi) is 4.18. The van der Waals surface area contributed by atoms with E-state index in [2.05, 4.69) is 65.8 Å². The van der Waals surface area contributed by atoms with Gasteiger partial charge in [-0.3, -0.25) is 0 Å². The molecule has 0 aliphatic heterocycles. The van der Waals surface area contributed by atoms with E-state index in [1.807, 2.05) is 0 Å². The van der Waals surface area contributed by atoms with Crippen LogP contribution in [0.4, 0.5) is 0 Å². The van der Waals surface area contributed by atoms with Gasteiger partial charge in [-0.1, -0.05) is 64.4 Å². The molecule has 0 nitrogen and oxygen atoms in total. The fourth-order valence-corrected chi connectivity index (χ4v) is 2.26. The van der Waals surface area contributed by atoms with Crippen LogP contribution in [0.25, 0.3) is 0 Å². The summed E-state index contributed by atoms with van der Waals surface area (Å²) in [5.41, 5.74) is 3.19. The molecule has 1 atom stereocenters. The first-order valence-electron chi connectivity index (χ1n) is 6.37. The Morgan fingerprint density at radius 1 is 1.00 bits per heavy atom. The highest BCUT2D eigenvalue weighted by Crippen LogP contribution is 2.39. The standard InChI is InChI=1S/C16H26/c1-12(2)11-15(16(4,5)6)14-9-7-13(3)8-10-14/h7-10,12,15H,11H2,1-6H3. The van der Waals surface area contributed by atoms with Crippen molar-refractivity contribution in [1.82, 2.24) is 0 Å². The van der Waals surface area contributed by atoms with Crippen molar-refractivity contribution >= 4 is 0 Å². The lowest BCUT2D eigenvalue weighted by molar-refractivity contribution is 0.280. The molecule has 0 aromatic heterocycles. The molecule has 0 N–H and O–H groups in total. The predicted molar refractivity (Wildman–Crippen MR) is 72.8 cm³/mol. The van der Waals surface area contributed by atoms with Crippen LogP contribution in [-0.2, 0) is 0 Å². The van der Waals surface area contributed by atoms with Gasteiger partial charge in [0.25, 0.3) is 0 Å². The average molecular weight is 218 g/mol. The van der Waals surface area contributed by atoms with Gasteiger partial charge in [-0.15, -0.1) is 0 Å². The summed E-state index contributed by atoms with van der Waals surface area (Å²) in [6, 6.07) is 9.06. The molecule has 0 heterocycles. The van der Waals surface area contributed by atoms with Gasteiger partial charge in [-0.25, -0.2) is 0 Å². The van der Waals surface area contributed by atoms with Crippen molar-refractivity contribution < 1.29 is 0 Å². The van der Waals surface area contributed by atoms with Crippen LogP contribution in [0.3, 0.4) is 0 Å². The fourth-order valence-electron chi connectivity index (χ4n) is 2.26. The van der Waals surface area contributed by atoms with Crippen LogP contribution in [0.15, 0.2) is 24.3 Å². The van der Waals surface area contributed by atoms with Crippen molar-refractivity contribution in [2.45, 2.75) is 53.9 Å². The van der Waals surface area contributed by atoms with Gasteiger partial charge < -0.3 is 0 Å². The Morgan fingerprint density at radius 3 is 1.88 bits per heavy atom. The summed E-state index contributed by atoms with van der Waals surface area (Å²) < 4.78 is 0. The monoisotopic (exact) mass is 218 g/mol. The largest absolute Gasteiger partial charge is 0.0628 e. The maximum atomic E-state index is 2.35. The molecule has 0 saturated carbocycles. The van der Waals surface area contributed by atoms with Crippen LogP contribution in [0, 0.1) is 18.3 Å². The Labute approximate surface area is 101 Å². The van der Waals surface area contributed by atoms with Gasteiger partial charge in [-0.05, 0) is 36.2 Å². The summed E-state index contributed by atoms with van der Waals surface area (Å²) in [6.07, 6.45) is 1.27. The van der Waals surface area contributed by atoms with E-state index in [1.165, 1.54) is 17.5 Å². The SMILES string of the molecule is Cc1ccc(C(CC(C)C)C(C)(C)C)cc1. The van der Waals surface area contributed by atoms with Crippen LogP contribution in [-0.4, -0.2) is 0 Å². The molecule has 0 aliphatic carbocycles. The number of rotatable bonds is 3. The van der Waals surface area contributed by atoms with E-state index in [1.54, 1.807) is 0 Å². The normalized spacial score (nSPS) is 14.2.